The number of piperazine rings is 1. The summed E-state index contributed by atoms with van der Waals surface area (Å²) in [5.74, 6) is -0.246. The Morgan fingerprint density at radius 3 is 2.85 bits per heavy atom. The van der Waals surface area contributed by atoms with Gasteiger partial charge < -0.3 is 10.6 Å². The number of nitrogens with zero attached hydrogens (tertiary/aromatic N) is 1. The summed E-state index contributed by atoms with van der Waals surface area (Å²) in [7, 11) is 0. The van der Waals surface area contributed by atoms with Crippen molar-refractivity contribution < 1.29 is 9.18 Å². The van der Waals surface area contributed by atoms with Crippen molar-refractivity contribution in [2.75, 3.05) is 32.7 Å². The minimum atomic E-state index is -0.247. The van der Waals surface area contributed by atoms with Crippen molar-refractivity contribution >= 4 is 17.5 Å². The van der Waals surface area contributed by atoms with E-state index in [9.17, 15) is 9.18 Å². The predicted molar refractivity (Wildman–Crippen MR) is 102 cm³/mol. The van der Waals surface area contributed by atoms with Crippen LogP contribution in [0.25, 0.3) is 0 Å². The van der Waals surface area contributed by atoms with Crippen molar-refractivity contribution in [1.82, 2.24) is 15.5 Å². The van der Waals surface area contributed by atoms with Gasteiger partial charge in [-0.2, -0.15) is 0 Å². The maximum Gasteiger partial charge on any atom is 0.234 e. The van der Waals surface area contributed by atoms with Crippen molar-refractivity contribution in [3.63, 3.8) is 0 Å². The van der Waals surface area contributed by atoms with E-state index < -0.39 is 0 Å². The second-order valence-corrected chi connectivity index (χ2v) is 6.91. The summed E-state index contributed by atoms with van der Waals surface area (Å²) in [6, 6.07) is 14.3. The monoisotopic (exact) mass is 375 g/mol. The molecule has 3 rings (SSSR count). The summed E-state index contributed by atoms with van der Waals surface area (Å²) in [6.45, 7) is 3.35. The number of benzene rings is 2. The smallest absolute Gasteiger partial charge is 0.234 e. The molecule has 1 unspecified atom stereocenters. The van der Waals surface area contributed by atoms with Crippen LogP contribution in [-0.2, 0) is 11.2 Å². The highest BCUT2D eigenvalue weighted by Crippen LogP contribution is 2.24. The number of carbonyl (C=O) groups excluding carboxylic acids is 1. The summed E-state index contributed by atoms with van der Waals surface area (Å²) in [5.41, 5.74) is 2.12. The van der Waals surface area contributed by atoms with Crippen molar-refractivity contribution in [3.05, 3.63) is 70.5 Å². The summed E-state index contributed by atoms with van der Waals surface area (Å²) in [5, 5.41) is 7.04. The van der Waals surface area contributed by atoms with Gasteiger partial charge >= 0.3 is 0 Å². The Hall–Kier alpha value is -1.95. The van der Waals surface area contributed by atoms with Gasteiger partial charge in [-0.1, -0.05) is 35.9 Å². The second kappa shape index (κ2) is 9.12. The molecule has 2 aromatic carbocycles. The summed E-state index contributed by atoms with van der Waals surface area (Å²) in [6.07, 6.45) is 0.686. The molecule has 2 N–H and O–H groups in total. The second-order valence-electron chi connectivity index (χ2n) is 6.47. The highest BCUT2D eigenvalue weighted by atomic mass is 35.5. The lowest BCUT2D eigenvalue weighted by molar-refractivity contribution is -0.123. The van der Waals surface area contributed by atoms with Crippen LogP contribution >= 0.6 is 11.6 Å². The zero-order valence-corrected chi connectivity index (χ0v) is 15.3. The van der Waals surface area contributed by atoms with E-state index in [4.69, 9.17) is 11.6 Å². The molecular formula is C20H23ClFN3O. The fraction of sp³-hybridized carbons (Fsp3) is 0.350. The molecular weight excluding hydrogens is 353 g/mol. The normalized spacial score (nSPS) is 17.8. The van der Waals surface area contributed by atoms with Gasteiger partial charge in [-0.25, -0.2) is 4.39 Å². The number of hydrogen-bond acceptors (Lipinski definition) is 3. The van der Waals surface area contributed by atoms with Gasteiger partial charge in [0.25, 0.3) is 0 Å². The number of rotatable bonds is 6. The van der Waals surface area contributed by atoms with E-state index in [1.165, 1.54) is 12.1 Å². The van der Waals surface area contributed by atoms with Gasteiger partial charge in [0, 0.05) is 37.2 Å². The topological polar surface area (TPSA) is 44.4 Å². The molecule has 1 heterocycles. The molecule has 26 heavy (non-hydrogen) atoms. The maximum absolute atomic E-state index is 12.9. The first kappa shape index (κ1) is 18.8. The van der Waals surface area contributed by atoms with Crippen molar-refractivity contribution in [3.8, 4) is 0 Å². The van der Waals surface area contributed by atoms with Crippen molar-refractivity contribution in [2.24, 2.45) is 0 Å². The largest absolute Gasteiger partial charge is 0.355 e. The van der Waals surface area contributed by atoms with Crippen LogP contribution in [0.5, 0.6) is 0 Å². The van der Waals surface area contributed by atoms with Crippen LogP contribution < -0.4 is 10.6 Å². The van der Waals surface area contributed by atoms with Gasteiger partial charge in [0.1, 0.15) is 5.82 Å². The molecule has 1 aliphatic heterocycles. The number of carbonyl (C=O) groups is 1. The van der Waals surface area contributed by atoms with Gasteiger partial charge in [0.05, 0.1) is 6.54 Å². The molecule has 0 bridgehead atoms. The Balaban J connectivity index is 1.52. The average Bonchev–Trinajstić information content (AvgIpc) is 2.64. The summed E-state index contributed by atoms with van der Waals surface area (Å²) < 4.78 is 12.9. The minimum absolute atomic E-state index is 0.000963. The first-order valence-electron chi connectivity index (χ1n) is 8.83. The predicted octanol–water partition coefficient (Wildman–Crippen LogP) is 2.78. The molecule has 6 heteroatoms. The van der Waals surface area contributed by atoms with Crippen molar-refractivity contribution in [1.29, 1.82) is 0 Å². The van der Waals surface area contributed by atoms with Gasteiger partial charge in [-0.3, -0.25) is 9.69 Å². The summed E-state index contributed by atoms with van der Waals surface area (Å²) in [4.78, 5) is 14.5. The van der Waals surface area contributed by atoms with E-state index in [-0.39, 0.29) is 17.8 Å². The molecule has 0 aromatic heterocycles. The Labute approximate surface area is 158 Å². The van der Waals surface area contributed by atoms with Crippen LogP contribution in [0.4, 0.5) is 4.39 Å². The SMILES string of the molecule is O=C(CN1CCNCC1c1cccc(Cl)c1)NCCc1ccc(F)cc1. The molecule has 1 aliphatic rings. The van der Waals surface area contributed by atoms with Gasteiger partial charge in [0.2, 0.25) is 5.91 Å². The van der Waals surface area contributed by atoms with Gasteiger partial charge in [-0.05, 0) is 41.8 Å². The van der Waals surface area contributed by atoms with Gasteiger partial charge in [0.15, 0.2) is 0 Å². The molecule has 1 fully saturated rings. The lowest BCUT2D eigenvalue weighted by atomic mass is 10.0. The third kappa shape index (κ3) is 5.27. The molecule has 1 atom stereocenters. The molecule has 1 amide bonds. The van der Waals surface area contributed by atoms with Crippen molar-refractivity contribution in [2.45, 2.75) is 12.5 Å². The lowest BCUT2D eigenvalue weighted by Gasteiger charge is -2.36. The molecule has 4 nitrogen and oxygen atoms in total. The minimum Gasteiger partial charge on any atom is -0.355 e. The number of nitrogens with one attached hydrogen (secondary N) is 2. The number of amides is 1. The molecule has 138 valence electrons. The Morgan fingerprint density at radius 2 is 2.08 bits per heavy atom. The van der Waals surface area contributed by atoms with E-state index in [0.717, 1.165) is 30.8 Å². The average molecular weight is 376 g/mol. The highest BCUT2D eigenvalue weighted by molar-refractivity contribution is 6.30. The first-order valence-corrected chi connectivity index (χ1v) is 9.21. The van der Waals surface area contributed by atoms with Crippen LogP contribution in [0, 0.1) is 5.82 Å². The number of hydrogen-bond donors (Lipinski definition) is 2. The zero-order valence-electron chi connectivity index (χ0n) is 14.6. The number of halogens is 2. The zero-order chi connectivity index (χ0) is 18.4. The Morgan fingerprint density at radius 1 is 1.27 bits per heavy atom. The van der Waals surface area contributed by atoms with Crippen LogP contribution in [-0.4, -0.2) is 43.5 Å². The van der Waals surface area contributed by atoms with E-state index in [1.807, 2.05) is 24.3 Å². The van der Waals surface area contributed by atoms with E-state index >= 15 is 0 Å². The van der Waals surface area contributed by atoms with E-state index in [0.29, 0.717) is 24.5 Å². The molecule has 0 aliphatic carbocycles. The third-order valence-corrected chi connectivity index (χ3v) is 4.82. The van der Waals surface area contributed by atoms with Crippen LogP contribution in [0.1, 0.15) is 17.2 Å². The van der Waals surface area contributed by atoms with Crippen LogP contribution in [0.15, 0.2) is 48.5 Å². The molecule has 2 aromatic rings. The highest BCUT2D eigenvalue weighted by Gasteiger charge is 2.25. The molecule has 0 spiro atoms. The first-order chi connectivity index (χ1) is 12.6. The van der Waals surface area contributed by atoms with Gasteiger partial charge in [-0.15, -0.1) is 0 Å². The Kier molecular flexibility index (Phi) is 6.61. The fourth-order valence-corrected chi connectivity index (χ4v) is 3.41. The molecule has 0 saturated carbocycles. The summed E-state index contributed by atoms with van der Waals surface area (Å²) >= 11 is 6.11. The Bertz CT molecular complexity index is 738. The molecule has 0 radical (unpaired) electrons. The van der Waals surface area contributed by atoms with E-state index in [2.05, 4.69) is 15.5 Å². The third-order valence-electron chi connectivity index (χ3n) is 4.58. The maximum atomic E-state index is 12.9. The van der Waals surface area contributed by atoms with E-state index in [1.54, 1.807) is 12.1 Å². The van der Waals surface area contributed by atoms with Crippen LogP contribution in [0.2, 0.25) is 5.02 Å². The molecule has 1 saturated heterocycles. The standard InChI is InChI=1S/C20H23ClFN3O/c21-17-3-1-2-16(12-17)19-13-23-10-11-25(19)14-20(26)24-9-8-15-4-6-18(22)7-5-15/h1-7,12,19,23H,8-11,13-14H2,(H,24,26). The fourth-order valence-electron chi connectivity index (χ4n) is 3.22. The van der Waals surface area contributed by atoms with Crippen LogP contribution in [0.3, 0.4) is 0 Å². The lowest BCUT2D eigenvalue weighted by Crippen LogP contribution is -2.49. The quantitative estimate of drug-likeness (QED) is 0.816.